The molecule has 4 aromatic carbocycles. The van der Waals surface area contributed by atoms with Crippen molar-refractivity contribution in [1.82, 2.24) is 0 Å². The van der Waals surface area contributed by atoms with Crippen LogP contribution in [-0.4, -0.2) is 20.7 Å². The zero-order valence-corrected chi connectivity index (χ0v) is 21.4. The fourth-order valence-corrected chi connectivity index (χ4v) is 4.45. The molecule has 4 aromatic rings. The molecule has 39 heavy (non-hydrogen) atoms. The lowest BCUT2D eigenvalue weighted by molar-refractivity contribution is 0.0778. The van der Waals surface area contributed by atoms with E-state index in [-0.39, 0.29) is 13.6 Å². The Kier molecular flexibility index (Phi) is 7.07. The van der Waals surface area contributed by atoms with Crippen LogP contribution in [0.25, 0.3) is 12.2 Å². The summed E-state index contributed by atoms with van der Waals surface area (Å²) in [5, 5.41) is 0. The van der Waals surface area contributed by atoms with E-state index in [9.17, 15) is 0 Å². The first-order chi connectivity index (χ1) is 19.3. The first-order valence-corrected chi connectivity index (χ1v) is 12.6. The van der Waals surface area contributed by atoms with Gasteiger partial charge in [-0.05, 0) is 41.0 Å². The second kappa shape index (κ2) is 11.3. The van der Waals surface area contributed by atoms with Gasteiger partial charge in [0.1, 0.15) is 6.10 Å². The van der Waals surface area contributed by atoms with Gasteiger partial charge in [-0.25, -0.2) is 0 Å². The van der Waals surface area contributed by atoms with E-state index in [1.54, 1.807) is 7.11 Å². The average molecular weight is 519 g/mol. The zero-order valence-electron chi connectivity index (χ0n) is 21.4. The van der Waals surface area contributed by atoms with Crippen molar-refractivity contribution < 1.29 is 28.4 Å². The quantitative estimate of drug-likeness (QED) is 0.202. The van der Waals surface area contributed by atoms with Gasteiger partial charge in [0.05, 0.1) is 19.3 Å². The van der Waals surface area contributed by atoms with E-state index in [1.807, 2.05) is 78.9 Å². The summed E-state index contributed by atoms with van der Waals surface area (Å²) in [5.41, 5.74) is 4.60. The minimum Gasteiger partial charge on any atom is -0.491 e. The Labute approximate surface area is 227 Å². The summed E-state index contributed by atoms with van der Waals surface area (Å²) in [7, 11) is 1.59. The zero-order chi connectivity index (χ0) is 26.4. The van der Waals surface area contributed by atoms with Gasteiger partial charge in [0, 0.05) is 5.56 Å². The Morgan fingerprint density at radius 1 is 0.795 bits per heavy atom. The molecule has 194 valence electrons. The van der Waals surface area contributed by atoms with Crippen LogP contribution in [-0.2, 0) is 11.3 Å². The van der Waals surface area contributed by atoms with Gasteiger partial charge in [-0.15, -0.1) is 0 Å². The molecular weight excluding hydrogens is 492 g/mol. The van der Waals surface area contributed by atoms with Crippen LogP contribution in [0.5, 0.6) is 28.7 Å². The summed E-state index contributed by atoms with van der Waals surface area (Å²) >= 11 is 0. The maximum absolute atomic E-state index is 6.45. The highest BCUT2D eigenvalue weighted by Crippen LogP contribution is 2.43. The van der Waals surface area contributed by atoms with Crippen LogP contribution in [0.15, 0.2) is 84.9 Å². The third kappa shape index (κ3) is 5.40. The van der Waals surface area contributed by atoms with Crippen LogP contribution in [0.1, 0.15) is 33.9 Å². The highest BCUT2D eigenvalue weighted by Gasteiger charge is 2.23. The smallest absolute Gasteiger partial charge is 0.231 e. The lowest BCUT2D eigenvalue weighted by Gasteiger charge is -2.17. The van der Waals surface area contributed by atoms with Crippen molar-refractivity contribution in [2.75, 3.05) is 20.7 Å². The van der Waals surface area contributed by atoms with Gasteiger partial charge in [0.15, 0.2) is 23.0 Å². The number of rotatable bonds is 7. The highest BCUT2D eigenvalue weighted by atomic mass is 16.7. The predicted octanol–water partition coefficient (Wildman–Crippen LogP) is 6.63. The molecule has 0 bridgehead atoms. The fourth-order valence-electron chi connectivity index (χ4n) is 4.45. The molecule has 0 fully saturated rings. The molecule has 1 atom stereocenters. The third-order valence-electron chi connectivity index (χ3n) is 6.41. The van der Waals surface area contributed by atoms with Gasteiger partial charge >= 0.3 is 0 Å². The Morgan fingerprint density at radius 2 is 1.51 bits per heavy atom. The first-order valence-electron chi connectivity index (χ1n) is 12.6. The van der Waals surface area contributed by atoms with Crippen molar-refractivity contribution in [2.24, 2.45) is 0 Å². The molecule has 6 heteroatoms. The second-order valence-corrected chi connectivity index (χ2v) is 8.90. The van der Waals surface area contributed by atoms with Crippen molar-refractivity contribution >= 4 is 12.2 Å². The molecule has 0 aliphatic carbocycles. The maximum Gasteiger partial charge on any atom is 0.231 e. The molecule has 6 rings (SSSR count). The van der Waals surface area contributed by atoms with Crippen LogP contribution in [0.3, 0.4) is 0 Å². The minimum absolute atomic E-state index is 0.152. The Morgan fingerprint density at radius 3 is 2.31 bits per heavy atom. The number of benzene rings is 4. The molecule has 2 aliphatic rings. The van der Waals surface area contributed by atoms with Crippen molar-refractivity contribution in [3.8, 4) is 40.6 Å². The van der Waals surface area contributed by atoms with E-state index >= 15 is 0 Å². The monoisotopic (exact) mass is 518 g/mol. The molecule has 2 aliphatic heterocycles. The van der Waals surface area contributed by atoms with E-state index < -0.39 is 6.10 Å². The molecule has 0 aromatic heterocycles. The fraction of sp³-hybridized carbons (Fsp3) is 0.152. The number of ether oxygens (including phenoxy) is 6. The minimum atomic E-state index is -0.578. The number of methoxy groups -OCH3 is 1. The number of hydrogen-bond acceptors (Lipinski definition) is 6. The van der Waals surface area contributed by atoms with Gasteiger partial charge in [0.25, 0.3) is 0 Å². The van der Waals surface area contributed by atoms with Crippen molar-refractivity contribution in [3.05, 3.63) is 113 Å². The van der Waals surface area contributed by atoms with Crippen LogP contribution in [0.2, 0.25) is 0 Å². The summed E-state index contributed by atoms with van der Waals surface area (Å²) < 4.78 is 34.6. The highest BCUT2D eigenvalue weighted by molar-refractivity contribution is 5.74. The molecule has 0 saturated carbocycles. The van der Waals surface area contributed by atoms with Crippen molar-refractivity contribution in [1.29, 1.82) is 0 Å². The van der Waals surface area contributed by atoms with Gasteiger partial charge < -0.3 is 28.4 Å². The molecule has 2 heterocycles. The predicted molar refractivity (Wildman–Crippen MR) is 148 cm³/mol. The van der Waals surface area contributed by atoms with E-state index in [0.29, 0.717) is 40.9 Å². The molecule has 0 saturated heterocycles. The van der Waals surface area contributed by atoms with Gasteiger partial charge in [0.2, 0.25) is 19.3 Å². The summed E-state index contributed by atoms with van der Waals surface area (Å²) in [5.74, 6) is 9.69. The largest absolute Gasteiger partial charge is 0.491 e. The molecule has 1 unspecified atom stereocenters. The molecular formula is C33H26O6. The average Bonchev–Trinajstić information content (AvgIpc) is 3.66. The second-order valence-electron chi connectivity index (χ2n) is 8.90. The van der Waals surface area contributed by atoms with Gasteiger partial charge in [-0.1, -0.05) is 84.7 Å². The van der Waals surface area contributed by atoms with Crippen molar-refractivity contribution in [3.63, 3.8) is 0 Å². The summed E-state index contributed by atoms with van der Waals surface area (Å²) in [6.45, 7) is 0.713. The summed E-state index contributed by atoms with van der Waals surface area (Å²) in [6, 6.07) is 27.8. The third-order valence-corrected chi connectivity index (χ3v) is 6.41. The maximum atomic E-state index is 6.45. The summed E-state index contributed by atoms with van der Waals surface area (Å²) in [6.07, 6.45) is 3.53. The molecule has 0 radical (unpaired) electrons. The van der Waals surface area contributed by atoms with Crippen LogP contribution in [0.4, 0.5) is 0 Å². The van der Waals surface area contributed by atoms with Crippen LogP contribution in [0, 0.1) is 11.8 Å². The topological polar surface area (TPSA) is 55.4 Å². The SMILES string of the molecule is COc1c(C#CC(OCc2ccccc2)c2cc3c(cc2/C=C/c2ccccc2)OCO3)ccc2c1OCO2. The normalized spacial score (nSPS) is 13.7. The Balaban J connectivity index is 1.41. The Hall–Kier alpha value is -4.86. The summed E-state index contributed by atoms with van der Waals surface area (Å²) in [4.78, 5) is 0. The molecule has 0 N–H and O–H groups in total. The molecule has 0 amide bonds. The van der Waals surface area contributed by atoms with E-state index in [0.717, 1.165) is 22.3 Å². The van der Waals surface area contributed by atoms with Crippen LogP contribution >= 0.6 is 0 Å². The first kappa shape index (κ1) is 24.5. The van der Waals surface area contributed by atoms with E-state index in [4.69, 9.17) is 28.4 Å². The van der Waals surface area contributed by atoms with Gasteiger partial charge in [-0.2, -0.15) is 0 Å². The van der Waals surface area contributed by atoms with Crippen molar-refractivity contribution in [2.45, 2.75) is 12.7 Å². The number of hydrogen-bond donors (Lipinski definition) is 0. The molecule has 0 spiro atoms. The van der Waals surface area contributed by atoms with E-state index in [1.165, 1.54) is 0 Å². The lowest BCUT2D eigenvalue weighted by atomic mass is 9.99. The van der Waals surface area contributed by atoms with Crippen LogP contribution < -0.4 is 23.7 Å². The molecule has 6 nitrogen and oxygen atoms in total. The standard InChI is InChI=1S/C33H26O6/c1-34-32-25(15-17-29-33(32)39-22-36-29)14-16-28(35-20-24-10-6-3-7-11-24)27-19-31-30(37-21-38-31)18-26(27)13-12-23-8-4-2-5-9-23/h2-13,15,17-19,28H,20-22H2,1H3/b13-12+. The number of fused-ring (bicyclic) bond motifs is 2. The lowest BCUT2D eigenvalue weighted by Crippen LogP contribution is -2.05. The Bertz CT molecular complexity index is 1550. The van der Waals surface area contributed by atoms with Gasteiger partial charge in [-0.3, -0.25) is 0 Å². The van der Waals surface area contributed by atoms with E-state index in [2.05, 4.69) is 30.0 Å².